The van der Waals surface area contributed by atoms with Gasteiger partial charge in [0.05, 0.1) is 5.69 Å². The molecular weight excluding hydrogens is 354 g/mol. The second kappa shape index (κ2) is 6.84. The molecule has 0 amide bonds. The third-order valence-electron chi connectivity index (χ3n) is 3.93. The smallest absolute Gasteiger partial charge is 0.204 e. The topological polar surface area (TPSA) is 43.1 Å². The SMILES string of the molecule is Cc1ccc(-c2ccc3nnc(SCc4ccc(F)c(F)c4)n3n2)cc1. The molecule has 0 aliphatic heterocycles. The number of thioether (sulfide) groups is 1. The molecule has 0 saturated carbocycles. The molecule has 0 N–H and O–H groups in total. The zero-order valence-corrected chi connectivity index (χ0v) is 14.7. The predicted molar refractivity (Wildman–Crippen MR) is 96.9 cm³/mol. The molecule has 0 atom stereocenters. The third-order valence-corrected chi connectivity index (χ3v) is 4.92. The van der Waals surface area contributed by atoms with E-state index in [1.54, 1.807) is 10.6 Å². The average Bonchev–Trinajstić information content (AvgIpc) is 3.05. The molecule has 0 aliphatic rings. The van der Waals surface area contributed by atoms with Crippen LogP contribution in [0.5, 0.6) is 0 Å². The van der Waals surface area contributed by atoms with Crippen molar-refractivity contribution in [1.82, 2.24) is 19.8 Å². The van der Waals surface area contributed by atoms with Crippen LogP contribution in [-0.2, 0) is 5.75 Å². The third kappa shape index (κ3) is 3.30. The second-order valence-electron chi connectivity index (χ2n) is 5.87. The molecule has 2 aromatic carbocycles. The molecule has 7 heteroatoms. The summed E-state index contributed by atoms with van der Waals surface area (Å²) in [6, 6.07) is 15.7. The first-order valence-corrected chi connectivity index (χ1v) is 8.95. The molecule has 0 aliphatic carbocycles. The Kier molecular flexibility index (Phi) is 4.38. The van der Waals surface area contributed by atoms with Gasteiger partial charge in [0.15, 0.2) is 17.3 Å². The molecule has 4 aromatic rings. The van der Waals surface area contributed by atoms with Crippen LogP contribution < -0.4 is 0 Å². The molecule has 0 spiro atoms. The maximum atomic E-state index is 13.3. The van der Waals surface area contributed by atoms with Gasteiger partial charge in [-0.2, -0.15) is 9.61 Å². The van der Waals surface area contributed by atoms with Gasteiger partial charge >= 0.3 is 0 Å². The van der Waals surface area contributed by atoms with Gasteiger partial charge in [-0.05, 0) is 36.8 Å². The van der Waals surface area contributed by atoms with Crippen molar-refractivity contribution in [1.29, 1.82) is 0 Å². The summed E-state index contributed by atoms with van der Waals surface area (Å²) in [6.07, 6.45) is 0. The van der Waals surface area contributed by atoms with Crippen molar-refractivity contribution in [3.05, 3.63) is 77.4 Å². The van der Waals surface area contributed by atoms with Crippen molar-refractivity contribution in [3.8, 4) is 11.3 Å². The number of nitrogens with zero attached hydrogens (tertiary/aromatic N) is 4. The van der Waals surface area contributed by atoms with Crippen LogP contribution in [0.15, 0.2) is 59.8 Å². The molecule has 0 bridgehead atoms. The Balaban J connectivity index is 1.62. The van der Waals surface area contributed by atoms with Crippen LogP contribution in [0.2, 0.25) is 0 Å². The van der Waals surface area contributed by atoms with Gasteiger partial charge in [0.2, 0.25) is 5.16 Å². The number of rotatable bonds is 4. The van der Waals surface area contributed by atoms with E-state index in [0.29, 0.717) is 22.1 Å². The number of benzene rings is 2. The van der Waals surface area contributed by atoms with Crippen molar-refractivity contribution < 1.29 is 8.78 Å². The van der Waals surface area contributed by atoms with E-state index in [4.69, 9.17) is 0 Å². The van der Waals surface area contributed by atoms with Gasteiger partial charge in [-0.25, -0.2) is 8.78 Å². The Morgan fingerprint density at radius 3 is 2.50 bits per heavy atom. The lowest BCUT2D eigenvalue weighted by molar-refractivity contribution is 0.507. The Bertz CT molecular complexity index is 1080. The van der Waals surface area contributed by atoms with Gasteiger partial charge in [-0.1, -0.05) is 47.7 Å². The van der Waals surface area contributed by atoms with E-state index < -0.39 is 11.6 Å². The molecular formula is C19H14F2N4S. The summed E-state index contributed by atoms with van der Waals surface area (Å²) in [6.45, 7) is 2.03. The van der Waals surface area contributed by atoms with Crippen LogP contribution in [-0.4, -0.2) is 19.8 Å². The summed E-state index contributed by atoms with van der Waals surface area (Å²) in [5, 5.41) is 13.5. The zero-order chi connectivity index (χ0) is 18.1. The highest BCUT2D eigenvalue weighted by atomic mass is 32.2. The molecule has 2 heterocycles. The number of fused-ring (bicyclic) bond motifs is 1. The zero-order valence-electron chi connectivity index (χ0n) is 13.9. The fourth-order valence-corrected chi connectivity index (χ4v) is 3.35. The Morgan fingerprint density at radius 2 is 1.73 bits per heavy atom. The number of halogens is 2. The van der Waals surface area contributed by atoms with Gasteiger partial charge in [0, 0.05) is 11.3 Å². The molecule has 26 heavy (non-hydrogen) atoms. The first-order valence-electron chi connectivity index (χ1n) is 7.96. The van der Waals surface area contributed by atoms with Gasteiger partial charge < -0.3 is 0 Å². The largest absolute Gasteiger partial charge is 0.212 e. The Labute approximate surface area is 152 Å². The summed E-state index contributed by atoms with van der Waals surface area (Å²) in [4.78, 5) is 0. The maximum absolute atomic E-state index is 13.3. The van der Waals surface area contributed by atoms with Crippen LogP contribution >= 0.6 is 11.8 Å². The van der Waals surface area contributed by atoms with E-state index in [1.807, 2.05) is 43.3 Å². The van der Waals surface area contributed by atoms with Crippen LogP contribution in [0.25, 0.3) is 16.9 Å². The molecule has 4 rings (SSSR count). The van der Waals surface area contributed by atoms with Gasteiger partial charge in [0.25, 0.3) is 0 Å². The van der Waals surface area contributed by atoms with Crippen molar-refractivity contribution in [2.24, 2.45) is 0 Å². The van der Waals surface area contributed by atoms with E-state index >= 15 is 0 Å². The summed E-state index contributed by atoms with van der Waals surface area (Å²) >= 11 is 1.37. The minimum Gasteiger partial charge on any atom is -0.204 e. The lowest BCUT2D eigenvalue weighted by Crippen LogP contribution is -1.97. The lowest BCUT2D eigenvalue weighted by atomic mass is 10.1. The number of hydrogen-bond acceptors (Lipinski definition) is 4. The van der Waals surface area contributed by atoms with E-state index in [2.05, 4.69) is 15.3 Å². The van der Waals surface area contributed by atoms with E-state index in [-0.39, 0.29) is 0 Å². The second-order valence-corrected chi connectivity index (χ2v) is 6.82. The van der Waals surface area contributed by atoms with E-state index in [0.717, 1.165) is 17.3 Å². The number of hydrogen-bond donors (Lipinski definition) is 0. The fraction of sp³-hybridized carbons (Fsp3) is 0.105. The Morgan fingerprint density at radius 1 is 0.923 bits per heavy atom. The summed E-state index contributed by atoms with van der Waals surface area (Å²) < 4.78 is 28.0. The van der Waals surface area contributed by atoms with E-state index in [1.165, 1.54) is 23.4 Å². The van der Waals surface area contributed by atoms with Crippen molar-refractivity contribution >= 4 is 17.4 Å². The predicted octanol–water partition coefficient (Wildman–Crippen LogP) is 4.67. The molecule has 2 aromatic heterocycles. The normalized spacial score (nSPS) is 11.2. The monoisotopic (exact) mass is 368 g/mol. The number of aromatic nitrogens is 4. The van der Waals surface area contributed by atoms with Crippen molar-refractivity contribution in [2.45, 2.75) is 17.8 Å². The lowest BCUT2D eigenvalue weighted by Gasteiger charge is -2.04. The molecule has 4 nitrogen and oxygen atoms in total. The van der Waals surface area contributed by atoms with Crippen LogP contribution in [0.1, 0.15) is 11.1 Å². The highest BCUT2D eigenvalue weighted by molar-refractivity contribution is 7.98. The van der Waals surface area contributed by atoms with Crippen molar-refractivity contribution in [3.63, 3.8) is 0 Å². The first kappa shape index (κ1) is 16.7. The minimum atomic E-state index is -0.853. The summed E-state index contributed by atoms with van der Waals surface area (Å²) in [5.74, 6) is -1.26. The molecule has 0 unspecified atom stereocenters. The quantitative estimate of drug-likeness (QED) is 0.491. The van der Waals surface area contributed by atoms with Gasteiger partial charge in [-0.15, -0.1) is 10.2 Å². The van der Waals surface area contributed by atoms with Gasteiger partial charge in [0.1, 0.15) is 0 Å². The highest BCUT2D eigenvalue weighted by Gasteiger charge is 2.10. The minimum absolute atomic E-state index is 0.439. The van der Waals surface area contributed by atoms with Crippen LogP contribution in [0, 0.1) is 18.6 Å². The molecule has 0 radical (unpaired) electrons. The van der Waals surface area contributed by atoms with Crippen LogP contribution in [0.4, 0.5) is 8.78 Å². The van der Waals surface area contributed by atoms with Crippen molar-refractivity contribution in [2.75, 3.05) is 0 Å². The molecule has 0 fully saturated rings. The highest BCUT2D eigenvalue weighted by Crippen LogP contribution is 2.24. The Hall–Kier alpha value is -2.80. The average molecular weight is 368 g/mol. The summed E-state index contributed by atoms with van der Waals surface area (Å²) in [5.41, 5.74) is 4.30. The fourth-order valence-electron chi connectivity index (χ4n) is 2.51. The molecule has 130 valence electrons. The standard InChI is InChI=1S/C19H14F2N4S/c1-12-2-5-14(6-3-12)17-8-9-18-22-23-19(25(18)24-17)26-11-13-4-7-15(20)16(21)10-13/h2-10H,11H2,1H3. The maximum Gasteiger partial charge on any atom is 0.212 e. The van der Waals surface area contributed by atoms with Crippen LogP contribution in [0.3, 0.4) is 0 Å². The van der Waals surface area contributed by atoms with Gasteiger partial charge in [-0.3, -0.25) is 0 Å². The number of aryl methyl sites for hydroxylation is 1. The first-order chi connectivity index (χ1) is 12.6. The summed E-state index contributed by atoms with van der Waals surface area (Å²) in [7, 11) is 0. The van der Waals surface area contributed by atoms with E-state index in [9.17, 15) is 8.78 Å². The molecule has 0 saturated heterocycles.